The van der Waals surface area contributed by atoms with E-state index in [0.717, 1.165) is 18.7 Å². The quantitative estimate of drug-likeness (QED) is 0.356. The second-order valence-corrected chi connectivity index (χ2v) is 7.03. The van der Waals surface area contributed by atoms with Crippen molar-refractivity contribution in [3.05, 3.63) is 76.1 Å². The summed E-state index contributed by atoms with van der Waals surface area (Å²) in [5, 5.41) is 22.5. The van der Waals surface area contributed by atoms with E-state index < -0.39 is 4.92 Å². The Morgan fingerprint density at radius 3 is 2.68 bits per heavy atom. The average molecular weight is 397 g/mol. The minimum atomic E-state index is -0.499. The minimum Gasteiger partial charge on any atom is -0.325 e. The minimum absolute atomic E-state index is 0.0678. The van der Waals surface area contributed by atoms with Crippen molar-refractivity contribution in [2.75, 3.05) is 11.1 Å². The molecule has 1 aromatic heterocycles. The Hall–Kier alpha value is -3.20. The first-order chi connectivity index (χ1) is 13.5. The molecule has 8 nitrogen and oxygen atoms in total. The molecule has 144 valence electrons. The predicted molar refractivity (Wildman–Crippen MR) is 107 cm³/mol. The number of nitrogens with one attached hydrogen (secondary N) is 1. The molecule has 0 bridgehead atoms. The van der Waals surface area contributed by atoms with Crippen LogP contribution in [0.2, 0.25) is 0 Å². The lowest BCUT2D eigenvalue weighted by Gasteiger charge is -2.06. The number of hydrogen-bond acceptors (Lipinski definition) is 6. The summed E-state index contributed by atoms with van der Waals surface area (Å²) in [6, 6.07) is 16.0. The van der Waals surface area contributed by atoms with Crippen molar-refractivity contribution in [3.63, 3.8) is 0 Å². The van der Waals surface area contributed by atoms with E-state index in [9.17, 15) is 14.9 Å². The molecule has 28 heavy (non-hydrogen) atoms. The van der Waals surface area contributed by atoms with Crippen LogP contribution < -0.4 is 5.32 Å². The largest absolute Gasteiger partial charge is 0.325 e. The Labute approximate surface area is 166 Å². The third kappa shape index (κ3) is 5.17. The maximum Gasteiger partial charge on any atom is 0.271 e. The van der Waals surface area contributed by atoms with Crippen molar-refractivity contribution < 1.29 is 9.72 Å². The van der Waals surface area contributed by atoms with Crippen molar-refractivity contribution in [1.29, 1.82) is 0 Å². The third-order valence-electron chi connectivity index (χ3n) is 4.08. The van der Waals surface area contributed by atoms with Gasteiger partial charge in [0.25, 0.3) is 5.69 Å². The maximum absolute atomic E-state index is 12.1. The summed E-state index contributed by atoms with van der Waals surface area (Å²) in [6.07, 6.45) is 1.62. The molecule has 1 heterocycles. The van der Waals surface area contributed by atoms with Crippen molar-refractivity contribution in [2.24, 2.45) is 7.05 Å². The van der Waals surface area contributed by atoms with Crippen molar-refractivity contribution in [2.45, 2.75) is 18.0 Å². The van der Waals surface area contributed by atoms with E-state index in [0.29, 0.717) is 10.8 Å². The fourth-order valence-corrected chi connectivity index (χ4v) is 3.34. The second-order valence-electron chi connectivity index (χ2n) is 6.09. The average Bonchev–Trinajstić information content (AvgIpc) is 3.05. The van der Waals surface area contributed by atoms with Gasteiger partial charge in [-0.25, -0.2) is 0 Å². The van der Waals surface area contributed by atoms with Crippen LogP contribution in [0, 0.1) is 10.1 Å². The highest BCUT2D eigenvalue weighted by molar-refractivity contribution is 7.99. The summed E-state index contributed by atoms with van der Waals surface area (Å²) in [5.74, 6) is 0.720. The van der Waals surface area contributed by atoms with Gasteiger partial charge in [0.2, 0.25) is 5.91 Å². The van der Waals surface area contributed by atoms with Crippen LogP contribution in [0.5, 0.6) is 0 Å². The Morgan fingerprint density at radius 2 is 1.93 bits per heavy atom. The Bertz CT molecular complexity index is 975. The van der Waals surface area contributed by atoms with E-state index in [2.05, 4.69) is 27.6 Å². The van der Waals surface area contributed by atoms with E-state index in [4.69, 9.17) is 0 Å². The zero-order valence-electron chi connectivity index (χ0n) is 15.2. The molecule has 0 spiro atoms. The lowest BCUT2D eigenvalue weighted by atomic mass is 10.1. The number of nitro benzene ring substituents is 1. The summed E-state index contributed by atoms with van der Waals surface area (Å²) < 4.78 is 1.88. The van der Waals surface area contributed by atoms with Gasteiger partial charge in [-0.2, -0.15) is 0 Å². The molecule has 0 saturated heterocycles. The van der Waals surface area contributed by atoms with Crippen molar-refractivity contribution in [3.8, 4) is 0 Å². The predicted octanol–water partition coefficient (Wildman–Crippen LogP) is 3.24. The number of carbonyl (C=O) groups is 1. The van der Waals surface area contributed by atoms with Gasteiger partial charge in [0.15, 0.2) is 5.16 Å². The molecule has 9 heteroatoms. The summed E-state index contributed by atoms with van der Waals surface area (Å²) >= 11 is 1.27. The maximum atomic E-state index is 12.1. The number of thioether (sulfide) groups is 1. The molecule has 0 radical (unpaired) electrons. The van der Waals surface area contributed by atoms with Gasteiger partial charge in [0, 0.05) is 31.3 Å². The number of anilines is 1. The van der Waals surface area contributed by atoms with Gasteiger partial charge < -0.3 is 9.88 Å². The van der Waals surface area contributed by atoms with Crippen LogP contribution in [0.25, 0.3) is 0 Å². The summed E-state index contributed by atoms with van der Waals surface area (Å²) in [7, 11) is 1.88. The second kappa shape index (κ2) is 9.14. The molecule has 3 rings (SSSR count). The first-order valence-electron chi connectivity index (χ1n) is 8.62. The van der Waals surface area contributed by atoms with E-state index >= 15 is 0 Å². The number of nitrogens with zero attached hydrogens (tertiary/aromatic N) is 4. The highest BCUT2D eigenvalue weighted by atomic mass is 32.2. The van der Waals surface area contributed by atoms with Crippen LogP contribution >= 0.6 is 11.8 Å². The molecule has 0 fully saturated rings. The van der Waals surface area contributed by atoms with Crippen LogP contribution in [0.3, 0.4) is 0 Å². The fraction of sp³-hybridized carbons (Fsp3) is 0.211. The number of hydrogen-bond donors (Lipinski definition) is 1. The monoisotopic (exact) mass is 397 g/mol. The lowest BCUT2D eigenvalue weighted by molar-refractivity contribution is -0.384. The number of nitro groups is 1. The van der Waals surface area contributed by atoms with E-state index in [1.807, 2.05) is 29.8 Å². The Balaban J connectivity index is 1.53. The van der Waals surface area contributed by atoms with Crippen LogP contribution in [-0.2, 0) is 24.7 Å². The van der Waals surface area contributed by atoms with Gasteiger partial charge in [-0.15, -0.1) is 10.2 Å². The van der Waals surface area contributed by atoms with E-state index in [1.165, 1.54) is 35.5 Å². The molecule has 1 amide bonds. The normalized spacial score (nSPS) is 10.6. The van der Waals surface area contributed by atoms with Gasteiger partial charge in [0.1, 0.15) is 5.82 Å². The molecule has 0 saturated carbocycles. The van der Waals surface area contributed by atoms with Crippen LogP contribution in [0.15, 0.2) is 59.8 Å². The Kier molecular flexibility index (Phi) is 6.38. The molecule has 0 aliphatic carbocycles. The highest BCUT2D eigenvalue weighted by Gasteiger charge is 2.13. The number of rotatable bonds is 8. The van der Waals surface area contributed by atoms with Gasteiger partial charge in [-0.05, 0) is 18.1 Å². The molecule has 1 N–H and O–H groups in total. The van der Waals surface area contributed by atoms with Crippen LogP contribution in [0.1, 0.15) is 11.4 Å². The summed E-state index contributed by atoms with van der Waals surface area (Å²) in [6.45, 7) is 0. The lowest BCUT2D eigenvalue weighted by Crippen LogP contribution is -2.14. The van der Waals surface area contributed by atoms with Crippen molar-refractivity contribution >= 4 is 29.0 Å². The summed E-state index contributed by atoms with van der Waals surface area (Å²) in [5.41, 5.74) is 1.55. The Morgan fingerprint density at radius 1 is 1.14 bits per heavy atom. The molecule has 0 aliphatic heterocycles. The third-order valence-corrected chi connectivity index (χ3v) is 5.10. The zero-order valence-corrected chi connectivity index (χ0v) is 16.1. The van der Waals surface area contributed by atoms with E-state index in [1.54, 1.807) is 6.07 Å². The topological polar surface area (TPSA) is 103 Å². The molecule has 0 atom stereocenters. The van der Waals surface area contributed by atoms with Gasteiger partial charge in [0.05, 0.1) is 10.7 Å². The standard InChI is InChI=1S/C19H19N5O3S/c1-23-17(11-10-14-6-3-2-4-7-14)21-22-19(23)28-13-18(25)20-15-8-5-9-16(12-15)24(26)27/h2-9,12H,10-11,13H2,1H3,(H,20,25). The van der Waals surface area contributed by atoms with Crippen LogP contribution in [-0.4, -0.2) is 31.3 Å². The molecule has 2 aromatic carbocycles. The van der Waals surface area contributed by atoms with Crippen molar-refractivity contribution in [1.82, 2.24) is 14.8 Å². The highest BCUT2D eigenvalue weighted by Crippen LogP contribution is 2.19. The van der Waals surface area contributed by atoms with Gasteiger partial charge in [-0.1, -0.05) is 48.2 Å². The molecule has 0 unspecified atom stereocenters. The SMILES string of the molecule is Cn1c(CCc2ccccc2)nnc1SCC(=O)Nc1cccc([N+](=O)[O-])c1. The zero-order chi connectivity index (χ0) is 19.9. The van der Waals surface area contributed by atoms with Crippen LogP contribution in [0.4, 0.5) is 11.4 Å². The number of carbonyl (C=O) groups excluding carboxylic acids is 1. The first-order valence-corrected chi connectivity index (χ1v) is 9.61. The smallest absolute Gasteiger partial charge is 0.271 e. The van der Waals surface area contributed by atoms with E-state index in [-0.39, 0.29) is 17.3 Å². The summed E-state index contributed by atoms with van der Waals surface area (Å²) in [4.78, 5) is 22.4. The van der Waals surface area contributed by atoms with Gasteiger partial charge in [-0.3, -0.25) is 14.9 Å². The molecule has 3 aromatic rings. The molecular weight excluding hydrogens is 378 g/mol. The fourth-order valence-electron chi connectivity index (χ4n) is 2.61. The number of aryl methyl sites for hydroxylation is 2. The van der Waals surface area contributed by atoms with Gasteiger partial charge >= 0.3 is 0 Å². The molecule has 0 aliphatic rings. The number of aromatic nitrogens is 3. The number of non-ortho nitro benzene ring substituents is 1. The number of benzene rings is 2. The molecular formula is C19H19N5O3S. The number of amides is 1. The first kappa shape index (κ1) is 19.6.